The summed E-state index contributed by atoms with van der Waals surface area (Å²) in [5.74, 6) is 1.64. The first-order valence-electron chi connectivity index (χ1n) is 7.29. The summed E-state index contributed by atoms with van der Waals surface area (Å²) in [6, 6.07) is 8.66. The van der Waals surface area contributed by atoms with Crippen LogP contribution in [0, 0.1) is 0 Å². The van der Waals surface area contributed by atoms with Gasteiger partial charge in [0.2, 0.25) is 0 Å². The Hall–Kier alpha value is -2.28. The van der Waals surface area contributed by atoms with Gasteiger partial charge in [0.25, 0.3) is 5.91 Å². The predicted octanol–water partition coefficient (Wildman–Crippen LogP) is 3.12. The van der Waals surface area contributed by atoms with Crippen molar-refractivity contribution in [2.24, 2.45) is 0 Å². The van der Waals surface area contributed by atoms with E-state index in [1.54, 1.807) is 44.7 Å². The van der Waals surface area contributed by atoms with Crippen LogP contribution in [0.1, 0.15) is 18.5 Å². The van der Waals surface area contributed by atoms with E-state index < -0.39 is 0 Å². The molecule has 1 atom stereocenters. The molecule has 2 rings (SSSR count). The summed E-state index contributed by atoms with van der Waals surface area (Å²) in [4.78, 5) is 16.2. The van der Waals surface area contributed by atoms with Gasteiger partial charge in [0.05, 0.1) is 20.3 Å². The van der Waals surface area contributed by atoms with Crippen LogP contribution in [-0.2, 0) is 4.79 Å². The minimum absolute atomic E-state index is 0.110. The lowest BCUT2D eigenvalue weighted by molar-refractivity contribution is -0.123. The van der Waals surface area contributed by atoms with E-state index in [9.17, 15) is 4.79 Å². The molecule has 0 bridgehead atoms. The van der Waals surface area contributed by atoms with Crippen LogP contribution < -0.4 is 19.5 Å². The van der Waals surface area contributed by atoms with Gasteiger partial charge in [0.15, 0.2) is 12.4 Å². The fourth-order valence-corrected chi connectivity index (χ4v) is 2.53. The average Bonchev–Trinajstić information content (AvgIpc) is 2.60. The van der Waals surface area contributed by atoms with Gasteiger partial charge in [-0.3, -0.25) is 4.79 Å². The Kier molecular flexibility index (Phi) is 6.43. The van der Waals surface area contributed by atoms with Crippen molar-refractivity contribution in [1.82, 2.24) is 10.3 Å². The minimum atomic E-state index is -0.261. The molecule has 1 aromatic heterocycles. The van der Waals surface area contributed by atoms with Gasteiger partial charge in [-0.15, -0.1) is 0 Å². The number of nitrogens with one attached hydrogen (secondary N) is 1. The van der Waals surface area contributed by atoms with E-state index in [4.69, 9.17) is 14.2 Å². The van der Waals surface area contributed by atoms with Gasteiger partial charge in [0.1, 0.15) is 16.1 Å². The highest BCUT2D eigenvalue weighted by molar-refractivity contribution is 9.10. The Morgan fingerprint density at radius 2 is 2.04 bits per heavy atom. The lowest BCUT2D eigenvalue weighted by Crippen LogP contribution is -2.31. The first-order chi connectivity index (χ1) is 11.5. The van der Waals surface area contributed by atoms with E-state index in [0.29, 0.717) is 21.9 Å². The molecule has 0 aliphatic rings. The number of aromatic nitrogens is 1. The molecule has 0 spiro atoms. The van der Waals surface area contributed by atoms with Crippen LogP contribution in [0.2, 0.25) is 0 Å². The number of amides is 1. The maximum absolute atomic E-state index is 12.1. The number of halogens is 1. The van der Waals surface area contributed by atoms with Gasteiger partial charge in [0, 0.05) is 11.8 Å². The Morgan fingerprint density at radius 1 is 1.25 bits per heavy atom. The van der Waals surface area contributed by atoms with E-state index in [-0.39, 0.29) is 18.6 Å². The zero-order chi connectivity index (χ0) is 17.5. The number of rotatable bonds is 7. The highest BCUT2D eigenvalue weighted by Crippen LogP contribution is 2.29. The van der Waals surface area contributed by atoms with Crippen molar-refractivity contribution in [1.29, 1.82) is 0 Å². The van der Waals surface area contributed by atoms with Crippen molar-refractivity contribution in [2.45, 2.75) is 13.0 Å². The lowest BCUT2D eigenvalue weighted by atomic mass is 10.1. The van der Waals surface area contributed by atoms with Crippen molar-refractivity contribution in [3.63, 3.8) is 0 Å². The molecule has 1 heterocycles. The zero-order valence-electron chi connectivity index (χ0n) is 13.7. The first kappa shape index (κ1) is 18.1. The van der Waals surface area contributed by atoms with E-state index in [0.717, 1.165) is 5.56 Å². The minimum Gasteiger partial charge on any atom is -0.497 e. The molecule has 0 saturated heterocycles. The quantitative estimate of drug-likeness (QED) is 0.730. The molecule has 24 heavy (non-hydrogen) atoms. The number of carbonyl (C=O) groups excluding carboxylic acids is 1. The Bertz CT molecular complexity index is 709. The second-order valence-electron chi connectivity index (χ2n) is 4.98. The molecule has 0 aliphatic heterocycles. The number of methoxy groups -OCH3 is 2. The van der Waals surface area contributed by atoms with E-state index in [2.05, 4.69) is 26.2 Å². The molecule has 0 unspecified atom stereocenters. The summed E-state index contributed by atoms with van der Waals surface area (Å²) < 4.78 is 16.6. The van der Waals surface area contributed by atoms with Gasteiger partial charge >= 0.3 is 0 Å². The van der Waals surface area contributed by atoms with Crippen molar-refractivity contribution in [2.75, 3.05) is 20.8 Å². The molecule has 0 aliphatic carbocycles. The molecule has 1 amide bonds. The molecular weight excluding hydrogens is 376 g/mol. The van der Waals surface area contributed by atoms with Gasteiger partial charge in [-0.1, -0.05) is 0 Å². The van der Waals surface area contributed by atoms with Crippen molar-refractivity contribution in [3.05, 3.63) is 46.7 Å². The number of pyridine rings is 1. The van der Waals surface area contributed by atoms with Crippen molar-refractivity contribution >= 4 is 21.8 Å². The summed E-state index contributed by atoms with van der Waals surface area (Å²) >= 11 is 3.27. The third kappa shape index (κ3) is 4.61. The zero-order valence-corrected chi connectivity index (χ0v) is 15.3. The Labute approximate surface area is 149 Å². The summed E-state index contributed by atoms with van der Waals surface area (Å²) in [6.07, 6.45) is 1.63. The third-order valence-corrected chi connectivity index (χ3v) is 3.96. The van der Waals surface area contributed by atoms with E-state index in [1.807, 2.05) is 13.0 Å². The number of hydrogen-bond acceptors (Lipinski definition) is 5. The van der Waals surface area contributed by atoms with E-state index in [1.165, 1.54) is 0 Å². The normalized spacial score (nSPS) is 11.5. The van der Waals surface area contributed by atoms with Gasteiger partial charge in [-0.2, -0.15) is 0 Å². The van der Waals surface area contributed by atoms with E-state index >= 15 is 0 Å². The number of ether oxygens (including phenoxy) is 3. The summed E-state index contributed by atoms with van der Waals surface area (Å²) in [6.45, 7) is 1.76. The molecule has 1 aromatic carbocycles. The Balaban J connectivity index is 2.00. The molecule has 0 fully saturated rings. The highest BCUT2D eigenvalue weighted by atomic mass is 79.9. The molecule has 7 heteroatoms. The van der Waals surface area contributed by atoms with Crippen LogP contribution in [-0.4, -0.2) is 31.7 Å². The average molecular weight is 395 g/mol. The predicted molar refractivity (Wildman–Crippen MR) is 93.5 cm³/mol. The van der Waals surface area contributed by atoms with Crippen molar-refractivity contribution < 1.29 is 19.0 Å². The van der Waals surface area contributed by atoms with Crippen LogP contribution in [0.15, 0.2) is 41.1 Å². The van der Waals surface area contributed by atoms with Crippen LogP contribution in [0.3, 0.4) is 0 Å². The number of benzene rings is 1. The number of nitrogens with zero attached hydrogens (tertiary/aromatic N) is 1. The topological polar surface area (TPSA) is 69.7 Å². The van der Waals surface area contributed by atoms with Gasteiger partial charge in [-0.25, -0.2) is 4.98 Å². The number of carbonyl (C=O) groups is 1. The smallest absolute Gasteiger partial charge is 0.258 e. The fourth-order valence-electron chi connectivity index (χ4n) is 2.16. The molecule has 128 valence electrons. The second kappa shape index (κ2) is 8.54. The highest BCUT2D eigenvalue weighted by Gasteiger charge is 2.16. The largest absolute Gasteiger partial charge is 0.497 e. The monoisotopic (exact) mass is 394 g/mol. The number of hydrogen-bond donors (Lipinski definition) is 1. The summed E-state index contributed by atoms with van der Waals surface area (Å²) in [5.41, 5.74) is 0.827. The summed E-state index contributed by atoms with van der Waals surface area (Å²) in [5, 5.41) is 2.88. The summed E-state index contributed by atoms with van der Waals surface area (Å²) in [7, 11) is 3.18. The molecule has 0 radical (unpaired) electrons. The maximum atomic E-state index is 12.1. The molecule has 0 saturated carbocycles. The molecule has 1 N–H and O–H groups in total. The second-order valence-corrected chi connectivity index (χ2v) is 5.73. The fraction of sp³-hybridized carbons (Fsp3) is 0.294. The van der Waals surface area contributed by atoms with Gasteiger partial charge in [-0.05, 0) is 53.2 Å². The van der Waals surface area contributed by atoms with Crippen molar-refractivity contribution in [3.8, 4) is 17.2 Å². The first-order valence-corrected chi connectivity index (χ1v) is 8.09. The third-order valence-electron chi connectivity index (χ3n) is 3.36. The SMILES string of the molecule is COc1ccc(OC)c([C@@H](C)NC(=O)COc2cccnc2Br)c1. The van der Waals surface area contributed by atoms with Crippen LogP contribution in [0.5, 0.6) is 17.2 Å². The van der Waals surface area contributed by atoms with Crippen LogP contribution >= 0.6 is 15.9 Å². The van der Waals surface area contributed by atoms with Crippen LogP contribution in [0.4, 0.5) is 0 Å². The Morgan fingerprint density at radius 3 is 2.71 bits per heavy atom. The maximum Gasteiger partial charge on any atom is 0.258 e. The molecule has 2 aromatic rings. The molecule has 6 nitrogen and oxygen atoms in total. The molecular formula is C17H19BrN2O4. The lowest BCUT2D eigenvalue weighted by Gasteiger charge is -2.18. The van der Waals surface area contributed by atoms with Gasteiger partial charge < -0.3 is 19.5 Å². The standard InChI is InChI=1S/C17H19BrN2O4/c1-11(13-9-12(22-2)6-7-14(13)23-3)20-16(21)10-24-15-5-4-8-19-17(15)18/h4-9,11H,10H2,1-3H3,(H,20,21)/t11-/m1/s1. The van der Waals surface area contributed by atoms with Crippen LogP contribution in [0.25, 0.3) is 0 Å².